The van der Waals surface area contributed by atoms with E-state index in [9.17, 15) is 4.79 Å². The Kier molecular flexibility index (Phi) is 11.3. The van der Waals surface area contributed by atoms with E-state index < -0.39 is 0 Å². The number of rotatable bonds is 7. The molecule has 0 saturated carbocycles. The summed E-state index contributed by atoms with van der Waals surface area (Å²) in [6.45, 7) is 7.65. The average Bonchev–Trinajstić information content (AvgIpc) is 2.68. The molecule has 2 aliphatic rings. The van der Waals surface area contributed by atoms with Gasteiger partial charge in [0.25, 0.3) is 5.91 Å². The van der Waals surface area contributed by atoms with Crippen LogP contribution in [0.1, 0.15) is 28.8 Å². The molecule has 8 heteroatoms. The van der Waals surface area contributed by atoms with Crippen LogP contribution < -0.4 is 10.6 Å². The monoisotopic (exact) mass is 433 g/mol. The minimum Gasteiger partial charge on any atom is -0.384 e. The zero-order valence-electron chi connectivity index (χ0n) is 16.6. The van der Waals surface area contributed by atoms with Crippen LogP contribution in [-0.4, -0.2) is 70.5 Å². The van der Waals surface area contributed by atoms with Gasteiger partial charge in [0.2, 0.25) is 0 Å². The molecular formula is C20H33Cl2N3O3. The number of morpholine rings is 1. The molecule has 2 N–H and O–H groups in total. The van der Waals surface area contributed by atoms with Crippen LogP contribution >= 0.6 is 24.8 Å². The number of hydrogen-bond donors (Lipinski definition) is 2. The minimum absolute atomic E-state index is 0. The number of piperidine rings is 1. The Hall–Kier alpha value is -0.890. The van der Waals surface area contributed by atoms with Gasteiger partial charge in [0.15, 0.2) is 0 Å². The summed E-state index contributed by atoms with van der Waals surface area (Å²) < 4.78 is 10.8. The third-order valence-electron chi connectivity index (χ3n) is 5.44. The van der Waals surface area contributed by atoms with E-state index in [1.54, 1.807) is 7.11 Å². The molecule has 2 fully saturated rings. The highest BCUT2D eigenvalue weighted by molar-refractivity contribution is 5.94. The predicted octanol–water partition coefficient (Wildman–Crippen LogP) is 2.11. The van der Waals surface area contributed by atoms with Gasteiger partial charge in [0, 0.05) is 44.3 Å². The van der Waals surface area contributed by atoms with Gasteiger partial charge in [-0.05, 0) is 43.6 Å². The van der Waals surface area contributed by atoms with Gasteiger partial charge in [0.05, 0.1) is 19.8 Å². The first-order valence-corrected chi connectivity index (χ1v) is 9.58. The third-order valence-corrected chi connectivity index (χ3v) is 5.44. The molecule has 2 saturated heterocycles. The first kappa shape index (κ1) is 25.1. The van der Waals surface area contributed by atoms with E-state index in [0.29, 0.717) is 13.2 Å². The largest absolute Gasteiger partial charge is 0.384 e. The molecule has 1 aromatic carbocycles. The second-order valence-electron chi connectivity index (χ2n) is 7.45. The highest BCUT2D eigenvalue weighted by Gasteiger charge is 2.32. The summed E-state index contributed by atoms with van der Waals surface area (Å²) in [5.74, 6) is 0.00263. The number of benzene rings is 1. The van der Waals surface area contributed by atoms with Crippen molar-refractivity contribution in [1.29, 1.82) is 0 Å². The first-order chi connectivity index (χ1) is 12.7. The molecular weight excluding hydrogens is 401 g/mol. The normalized spacial score (nSPS) is 19.2. The lowest BCUT2D eigenvalue weighted by molar-refractivity contribution is 0.0341. The summed E-state index contributed by atoms with van der Waals surface area (Å²) in [4.78, 5) is 15.0. The van der Waals surface area contributed by atoms with Crippen molar-refractivity contribution in [1.82, 2.24) is 15.5 Å². The van der Waals surface area contributed by atoms with Crippen LogP contribution in [0.25, 0.3) is 0 Å². The van der Waals surface area contributed by atoms with Crippen molar-refractivity contribution in [2.24, 2.45) is 5.41 Å². The van der Waals surface area contributed by atoms with Crippen molar-refractivity contribution in [2.45, 2.75) is 19.4 Å². The molecule has 0 spiro atoms. The standard InChI is InChI=1S/C20H31N3O3.2ClH/c1-25-16-20(5-7-21-8-6-20)15-22-19(24)18-4-2-3-17(13-18)14-23-9-11-26-12-10-23;;/h2-4,13,21H,5-12,14-16H2,1H3,(H,22,24);2*1H. The molecule has 160 valence electrons. The van der Waals surface area contributed by atoms with Crippen LogP contribution in [-0.2, 0) is 16.0 Å². The lowest BCUT2D eigenvalue weighted by atomic mass is 9.79. The maximum absolute atomic E-state index is 12.7. The van der Waals surface area contributed by atoms with Crippen molar-refractivity contribution < 1.29 is 14.3 Å². The van der Waals surface area contributed by atoms with E-state index in [-0.39, 0.29) is 36.1 Å². The molecule has 3 rings (SSSR count). The number of hydrogen-bond acceptors (Lipinski definition) is 5. The van der Waals surface area contributed by atoms with E-state index >= 15 is 0 Å². The van der Waals surface area contributed by atoms with E-state index in [4.69, 9.17) is 9.47 Å². The van der Waals surface area contributed by atoms with Gasteiger partial charge in [-0.1, -0.05) is 12.1 Å². The lowest BCUT2D eigenvalue weighted by Crippen LogP contribution is -2.47. The van der Waals surface area contributed by atoms with Gasteiger partial charge in [0.1, 0.15) is 0 Å². The zero-order chi connectivity index (χ0) is 18.2. The number of nitrogens with zero attached hydrogens (tertiary/aromatic N) is 1. The van der Waals surface area contributed by atoms with E-state index in [0.717, 1.165) is 64.3 Å². The van der Waals surface area contributed by atoms with Gasteiger partial charge in [-0.3, -0.25) is 9.69 Å². The SMILES string of the molecule is COCC1(CNC(=O)c2cccc(CN3CCOCC3)c2)CCNCC1.Cl.Cl. The number of carbonyl (C=O) groups is 1. The van der Waals surface area contributed by atoms with Crippen LogP contribution in [0.5, 0.6) is 0 Å². The average molecular weight is 434 g/mol. The highest BCUT2D eigenvalue weighted by atomic mass is 35.5. The number of methoxy groups -OCH3 is 1. The molecule has 0 radical (unpaired) electrons. The zero-order valence-corrected chi connectivity index (χ0v) is 18.2. The summed E-state index contributed by atoms with van der Waals surface area (Å²) in [7, 11) is 1.74. The van der Waals surface area contributed by atoms with Crippen LogP contribution in [0.15, 0.2) is 24.3 Å². The molecule has 1 aromatic rings. The number of halogens is 2. The van der Waals surface area contributed by atoms with Crippen molar-refractivity contribution in [3.63, 3.8) is 0 Å². The van der Waals surface area contributed by atoms with Crippen molar-refractivity contribution in [3.05, 3.63) is 35.4 Å². The fourth-order valence-electron chi connectivity index (χ4n) is 3.83. The highest BCUT2D eigenvalue weighted by Crippen LogP contribution is 2.28. The second-order valence-corrected chi connectivity index (χ2v) is 7.45. The molecule has 2 heterocycles. The van der Waals surface area contributed by atoms with Gasteiger partial charge in [-0.2, -0.15) is 0 Å². The molecule has 28 heavy (non-hydrogen) atoms. The summed E-state index contributed by atoms with van der Waals surface area (Å²) in [5, 5.41) is 6.53. The maximum Gasteiger partial charge on any atom is 0.251 e. The topological polar surface area (TPSA) is 62.8 Å². The van der Waals surface area contributed by atoms with Gasteiger partial charge in [-0.25, -0.2) is 0 Å². The second kappa shape index (κ2) is 12.6. The van der Waals surface area contributed by atoms with Crippen molar-refractivity contribution in [3.8, 4) is 0 Å². The summed E-state index contributed by atoms with van der Waals surface area (Å²) in [6, 6.07) is 7.96. The van der Waals surface area contributed by atoms with E-state index in [1.165, 1.54) is 5.56 Å². The first-order valence-electron chi connectivity index (χ1n) is 9.58. The fraction of sp³-hybridized carbons (Fsp3) is 0.650. The molecule has 2 aliphatic heterocycles. The Morgan fingerprint density at radius 3 is 2.64 bits per heavy atom. The molecule has 0 bridgehead atoms. The van der Waals surface area contributed by atoms with Crippen LogP contribution in [0.3, 0.4) is 0 Å². The maximum atomic E-state index is 12.7. The van der Waals surface area contributed by atoms with E-state index in [2.05, 4.69) is 21.6 Å². The summed E-state index contributed by atoms with van der Waals surface area (Å²) >= 11 is 0. The lowest BCUT2D eigenvalue weighted by Gasteiger charge is -2.37. The number of nitrogens with one attached hydrogen (secondary N) is 2. The minimum atomic E-state index is 0. The van der Waals surface area contributed by atoms with Gasteiger partial charge in [-0.15, -0.1) is 24.8 Å². The molecule has 0 aliphatic carbocycles. The van der Waals surface area contributed by atoms with Crippen LogP contribution in [0.4, 0.5) is 0 Å². The number of amides is 1. The smallest absolute Gasteiger partial charge is 0.251 e. The third kappa shape index (κ3) is 7.17. The molecule has 0 atom stereocenters. The van der Waals surface area contributed by atoms with Gasteiger partial charge >= 0.3 is 0 Å². The van der Waals surface area contributed by atoms with Crippen molar-refractivity contribution >= 4 is 30.7 Å². The van der Waals surface area contributed by atoms with Crippen LogP contribution in [0, 0.1) is 5.41 Å². The Bertz CT molecular complexity index is 586. The quantitative estimate of drug-likeness (QED) is 0.689. The molecule has 0 aromatic heterocycles. The predicted molar refractivity (Wildman–Crippen MR) is 116 cm³/mol. The Morgan fingerprint density at radius 2 is 1.96 bits per heavy atom. The molecule has 1 amide bonds. The Labute approximate surface area is 180 Å². The number of ether oxygens (including phenoxy) is 2. The van der Waals surface area contributed by atoms with Crippen molar-refractivity contribution in [2.75, 3.05) is 59.7 Å². The Balaban J connectivity index is 0.00000196. The fourth-order valence-corrected chi connectivity index (χ4v) is 3.83. The number of carbonyl (C=O) groups excluding carboxylic acids is 1. The molecule has 6 nitrogen and oxygen atoms in total. The summed E-state index contributed by atoms with van der Waals surface area (Å²) in [6.07, 6.45) is 2.05. The van der Waals surface area contributed by atoms with Crippen LogP contribution in [0.2, 0.25) is 0 Å². The Morgan fingerprint density at radius 1 is 1.25 bits per heavy atom. The molecule has 0 unspecified atom stereocenters. The summed E-state index contributed by atoms with van der Waals surface area (Å²) in [5.41, 5.74) is 1.95. The van der Waals surface area contributed by atoms with E-state index in [1.807, 2.05) is 18.2 Å². The van der Waals surface area contributed by atoms with Gasteiger partial charge < -0.3 is 20.1 Å².